The van der Waals surface area contributed by atoms with Crippen molar-refractivity contribution in [2.24, 2.45) is 10.9 Å². The zero-order chi connectivity index (χ0) is 20.7. The van der Waals surface area contributed by atoms with Crippen LogP contribution in [-0.4, -0.2) is 57.9 Å². The molecule has 7 nitrogen and oxygen atoms in total. The molecule has 1 heterocycles. The molecule has 3 N–H and O–H groups in total. The molecule has 1 saturated heterocycles. The molecule has 1 amide bonds. The summed E-state index contributed by atoms with van der Waals surface area (Å²) in [5.74, 6) is 1.30. The van der Waals surface area contributed by atoms with Gasteiger partial charge in [0, 0.05) is 44.3 Å². The number of hydrogen-bond donors (Lipinski definition) is 3. The highest BCUT2D eigenvalue weighted by Gasteiger charge is 2.15. The Hall–Kier alpha value is -1.39. The molecule has 0 aromatic heterocycles. The minimum atomic E-state index is -0.0353. The average molecular weight is 532 g/mol. The van der Waals surface area contributed by atoms with Crippen molar-refractivity contribution in [1.82, 2.24) is 16.0 Å². The van der Waals surface area contributed by atoms with Crippen LogP contribution in [-0.2, 0) is 16.0 Å². The van der Waals surface area contributed by atoms with Gasteiger partial charge in [0.05, 0.1) is 19.8 Å². The normalized spacial score (nSPS) is 16.1. The number of nitrogens with one attached hydrogen (secondary N) is 3. The third-order valence-electron chi connectivity index (χ3n) is 4.62. The van der Waals surface area contributed by atoms with Gasteiger partial charge in [0.1, 0.15) is 0 Å². The van der Waals surface area contributed by atoms with E-state index in [1.54, 1.807) is 0 Å². The van der Waals surface area contributed by atoms with Gasteiger partial charge in [0.25, 0.3) is 5.91 Å². The van der Waals surface area contributed by atoms with E-state index in [1.165, 1.54) is 0 Å². The van der Waals surface area contributed by atoms with Gasteiger partial charge in [0.15, 0.2) is 5.96 Å². The molecule has 0 saturated carbocycles. The van der Waals surface area contributed by atoms with Crippen molar-refractivity contribution in [3.63, 3.8) is 0 Å². The first kappa shape index (κ1) is 26.6. The maximum Gasteiger partial charge on any atom is 0.251 e. The van der Waals surface area contributed by atoms with Gasteiger partial charge >= 0.3 is 0 Å². The molecule has 1 unspecified atom stereocenters. The van der Waals surface area contributed by atoms with Crippen molar-refractivity contribution in [3.8, 4) is 0 Å². The number of hydrogen-bond acceptors (Lipinski definition) is 4. The molecule has 1 aromatic rings. The van der Waals surface area contributed by atoms with E-state index < -0.39 is 0 Å². The number of carbonyl (C=O) groups is 1. The Morgan fingerprint density at radius 1 is 1.23 bits per heavy atom. The molecule has 8 heteroatoms. The van der Waals surface area contributed by atoms with Crippen LogP contribution in [0.1, 0.15) is 49.0 Å². The zero-order valence-electron chi connectivity index (χ0n) is 18.2. The van der Waals surface area contributed by atoms with Crippen molar-refractivity contribution in [2.45, 2.75) is 39.7 Å². The number of rotatable bonds is 12. The molecular formula is C22H37IN4O3. The maximum atomic E-state index is 12.1. The minimum Gasteiger partial charge on any atom is -0.381 e. The summed E-state index contributed by atoms with van der Waals surface area (Å²) in [5.41, 5.74) is 1.68. The fourth-order valence-electron chi connectivity index (χ4n) is 3.01. The fraction of sp³-hybridized carbons (Fsp3) is 0.636. The second-order valence-electron chi connectivity index (χ2n) is 7.24. The monoisotopic (exact) mass is 532 g/mol. The summed E-state index contributed by atoms with van der Waals surface area (Å²) in [5, 5.41) is 9.50. The topological polar surface area (TPSA) is 84.0 Å². The smallest absolute Gasteiger partial charge is 0.251 e. The molecule has 0 aliphatic carbocycles. The van der Waals surface area contributed by atoms with E-state index >= 15 is 0 Å². The first-order chi connectivity index (χ1) is 14.2. The van der Waals surface area contributed by atoms with E-state index in [-0.39, 0.29) is 29.9 Å². The van der Waals surface area contributed by atoms with E-state index in [2.05, 4.69) is 20.9 Å². The molecule has 1 aliphatic heterocycles. The van der Waals surface area contributed by atoms with Crippen molar-refractivity contribution < 1.29 is 14.3 Å². The molecular weight excluding hydrogens is 495 g/mol. The third kappa shape index (κ3) is 10.6. The molecule has 0 bridgehead atoms. The summed E-state index contributed by atoms with van der Waals surface area (Å²) < 4.78 is 11.1. The van der Waals surface area contributed by atoms with E-state index in [4.69, 9.17) is 9.47 Å². The number of carbonyl (C=O) groups excluding carboxylic acids is 1. The van der Waals surface area contributed by atoms with Crippen LogP contribution in [0, 0.1) is 5.92 Å². The van der Waals surface area contributed by atoms with Crippen molar-refractivity contribution in [2.75, 3.05) is 46.1 Å². The van der Waals surface area contributed by atoms with Gasteiger partial charge < -0.3 is 25.4 Å². The van der Waals surface area contributed by atoms with Crippen LogP contribution in [0.15, 0.2) is 29.3 Å². The van der Waals surface area contributed by atoms with Crippen LogP contribution in [0.3, 0.4) is 0 Å². The molecule has 1 fully saturated rings. The number of guanidine groups is 1. The fourth-order valence-corrected chi connectivity index (χ4v) is 3.01. The minimum absolute atomic E-state index is 0. The average Bonchev–Trinajstić information content (AvgIpc) is 3.26. The number of ether oxygens (including phenoxy) is 2. The third-order valence-corrected chi connectivity index (χ3v) is 4.62. The first-order valence-corrected chi connectivity index (χ1v) is 10.8. The summed E-state index contributed by atoms with van der Waals surface area (Å²) in [6.07, 6.45) is 2.95. The van der Waals surface area contributed by atoms with Crippen LogP contribution >= 0.6 is 24.0 Å². The second kappa shape index (κ2) is 16.3. The van der Waals surface area contributed by atoms with Gasteiger partial charge in [-0.25, -0.2) is 4.99 Å². The quantitative estimate of drug-likeness (QED) is 0.167. The SMILES string of the molecule is CCCNC(=O)c1cccc(CN=C(NCC)NCCCOCC2CCOC2)c1.I. The van der Waals surface area contributed by atoms with Gasteiger partial charge in [-0.1, -0.05) is 19.1 Å². The molecule has 1 aliphatic rings. The van der Waals surface area contributed by atoms with Crippen molar-refractivity contribution in [1.29, 1.82) is 0 Å². The first-order valence-electron chi connectivity index (χ1n) is 10.8. The number of halogens is 1. The van der Waals surface area contributed by atoms with Crippen LogP contribution in [0.2, 0.25) is 0 Å². The van der Waals surface area contributed by atoms with Gasteiger partial charge in [-0.2, -0.15) is 0 Å². The zero-order valence-corrected chi connectivity index (χ0v) is 20.6. The van der Waals surface area contributed by atoms with Crippen molar-refractivity contribution >= 4 is 35.8 Å². The van der Waals surface area contributed by atoms with Gasteiger partial charge in [-0.3, -0.25) is 4.79 Å². The summed E-state index contributed by atoms with van der Waals surface area (Å²) in [4.78, 5) is 16.8. The van der Waals surface area contributed by atoms with Crippen LogP contribution in [0.4, 0.5) is 0 Å². The lowest BCUT2D eigenvalue weighted by Gasteiger charge is -2.12. The predicted molar refractivity (Wildman–Crippen MR) is 132 cm³/mol. The van der Waals surface area contributed by atoms with E-state index in [0.29, 0.717) is 24.6 Å². The van der Waals surface area contributed by atoms with Crippen LogP contribution < -0.4 is 16.0 Å². The Bertz CT molecular complexity index is 637. The largest absolute Gasteiger partial charge is 0.381 e. The summed E-state index contributed by atoms with van der Waals surface area (Å²) >= 11 is 0. The van der Waals surface area contributed by atoms with E-state index in [1.807, 2.05) is 38.1 Å². The number of benzene rings is 1. The molecule has 30 heavy (non-hydrogen) atoms. The summed E-state index contributed by atoms with van der Waals surface area (Å²) in [6.45, 7) is 10.1. The molecule has 0 spiro atoms. The number of aliphatic imine (C=N–C) groups is 1. The number of amides is 1. The Balaban J connectivity index is 0.00000450. The molecule has 0 radical (unpaired) electrons. The van der Waals surface area contributed by atoms with Crippen molar-refractivity contribution in [3.05, 3.63) is 35.4 Å². The van der Waals surface area contributed by atoms with E-state index in [0.717, 1.165) is 70.3 Å². The highest BCUT2D eigenvalue weighted by Crippen LogP contribution is 2.12. The second-order valence-corrected chi connectivity index (χ2v) is 7.24. The highest BCUT2D eigenvalue weighted by atomic mass is 127. The van der Waals surface area contributed by atoms with Crippen LogP contribution in [0.5, 0.6) is 0 Å². The van der Waals surface area contributed by atoms with Crippen LogP contribution in [0.25, 0.3) is 0 Å². The highest BCUT2D eigenvalue weighted by molar-refractivity contribution is 14.0. The summed E-state index contributed by atoms with van der Waals surface area (Å²) in [6, 6.07) is 7.63. The Morgan fingerprint density at radius 2 is 2.10 bits per heavy atom. The Morgan fingerprint density at radius 3 is 2.83 bits per heavy atom. The lowest BCUT2D eigenvalue weighted by Crippen LogP contribution is -2.38. The van der Waals surface area contributed by atoms with E-state index in [9.17, 15) is 4.79 Å². The molecule has 170 valence electrons. The molecule has 1 aromatic carbocycles. The summed E-state index contributed by atoms with van der Waals surface area (Å²) in [7, 11) is 0. The lowest BCUT2D eigenvalue weighted by molar-refractivity contribution is 0.0888. The van der Waals surface area contributed by atoms with Gasteiger partial charge in [0.2, 0.25) is 0 Å². The standard InChI is InChI=1S/C22H36N4O3.HI/c1-3-10-24-21(27)20-8-5-7-18(14-20)15-26-22(23-4-2)25-11-6-12-28-16-19-9-13-29-17-19;/h5,7-8,14,19H,3-4,6,9-13,15-17H2,1-2H3,(H,24,27)(H2,23,25,26);1H. The number of nitrogens with zero attached hydrogens (tertiary/aromatic N) is 1. The Labute approximate surface area is 197 Å². The maximum absolute atomic E-state index is 12.1. The van der Waals surface area contributed by atoms with Gasteiger partial charge in [-0.05, 0) is 43.9 Å². The predicted octanol–water partition coefficient (Wildman–Crippen LogP) is 2.94. The lowest BCUT2D eigenvalue weighted by atomic mass is 10.1. The molecule has 1 atom stereocenters. The van der Waals surface area contributed by atoms with Gasteiger partial charge in [-0.15, -0.1) is 24.0 Å². The Kier molecular flexibility index (Phi) is 14.5. The molecule has 2 rings (SSSR count).